The molecule has 0 radical (unpaired) electrons. The van der Waals surface area contributed by atoms with Gasteiger partial charge < -0.3 is 10.4 Å². The third-order valence-corrected chi connectivity index (χ3v) is 5.80. The van der Waals surface area contributed by atoms with Gasteiger partial charge in [-0.2, -0.15) is 0 Å². The molecule has 1 amide bonds. The van der Waals surface area contributed by atoms with Gasteiger partial charge in [-0.15, -0.1) is 0 Å². The molecule has 1 aliphatic rings. The highest BCUT2D eigenvalue weighted by atomic mass is 16.3. The Bertz CT molecular complexity index is 949. The van der Waals surface area contributed by atoms with E-state index in [1.54, 1.807) is 37.9 Å². The zero-order valence-electron chi connectivity index (χ0n) is 17.0. The number of aromatic nitrogens is 2. The number of carbonyl (C=O) groups excluding carboxylic acids is 1. The first-order chi connectivity index (χ1) is 14.6. The highest BCUT2D eigenvalue weighted by Crippen LogP contribution is 2.45. The second-order valence-corrected chi connectivity index (χ2v) is 7.60. The van der Waals surface area contributed by atoms with Gasteiger partial charge in [0.2, 0.25) is 0 Å². The molecule has 1 atom stereocenters. The minimum Gasteiger partial charge on any atom is -0.378 e. The van der Waals surface area contributed by atoms with Crippen molar-refractivity contribution in [3.63, 3.8) is 0 Å². The average Bonchev–Trinajstić information content (AvgIpc) is 3.34. The zero-order valence-corrected chi connectivity index (χ0v) is 17.0. The highest BCUT2D eigenvalue weighted by Gasteiger charge is 2.45. The van der Waals surface area contributed by atoms with E-state index in [1.165, 1.54) is 0 Å². The lowest BCUT2D eigenvalue weighted by Crippen LogP contribution is -2.44. The quantitative estimate of drug-likeness (QED) is 0.663. The molecule has 154 valence electrons. The van der Waals surface area contributed by atoms with E-state index in [9.17, 15) is 9.90 Å². The molecule has 3 heterocycles. The van der Waals surface area contributed by atoms with Crippen molar-refractivity contribution in [2.45, 2.75) is 24.5 Å². The summed E-state index contributed by atoms with van der Waals surface area (Å²) in [7, 11) is 1.62. The maximum Gasteiger partial charge on any atom is 0.251 e. The molecule has 3 aromatic rings. The Balaban J connectivity index is 1.93. The molecule has 4 rings (SSSR count). The minimum atomic E-state index is -1.38. The molecule has 2 aromatic heterocycles. The number of hydrogen-bond acceptors (Lipinski definition) is 5. The van der Waals surface area contributed by atoms with E-state index in [4.69, 9.17) is 0 Å². The fraction of sp³-hybridized carbons (Fsp3) is 0.292. The summed E-state index contributed by atoms with van der Waals surface area (Å²) in [6.45, 7) is 1.75. The fourth-order valence-electron chi connectivity index (χ4n) is 4.37. The van der Waals surface area contributed by atoms with Crippen LogP contribution in [0.3, 0.4) is 0 Å². The van der Waals surface area contributed by atoms with Crippen LogP contribution in [0.5, 0.6) is 0 Å². The summed E-state index contributed by atoms with van der Waals surface area (Å²) >= 11 is 0. The predicted octanol–water partition coefficient (Wildman–Crippen LogP) is 2.91. The van der Waals surface area contributed by atoms with Crippen molar-refractivity contribution in [1.29, 1.82) is 0 Å². The van der Waals surface area contributed by atoms with E-state index in [0.717, 1.165) is 31.5 Å². The molecule has 6 heteroatoms. The average molecular weight is 402 g/mol. The Labute approximate surface area is 176 Å². The number of pyridine rings is 2. The Morgan fingerprint density at radius 3 is 2.20 bits per heavy atom. The van der Waals surface area contributed by atoms with Crippen LogP contribution in [-0.2, 0) is 5.60 Å². The Kier molecular flexibility index (Phi) is 5.88. The lowest BCUT2D eigenvalue weighted by Gasteiger charge is -2.42. The van der Waals surface area contributed by atoms with Gasteiger partial charge in [0.15, 0.2) is 0 Å². The largest absolute Gasteiger partial charge is 0.378 e. The van der Waals surface area contributed by atoms with Crippen LogP contribution in [0.25, 0.3) is 0 Å². The topological polar surface area (TPSA) is 78.4 Å². The number of carbonyl (C=O) groups is 1. The summed E-state index contributed by atoms with van der Waals surface area (Å²) in [4.78, 5) is 23.1. The number of likely N-dealkylation sites (tertiary alicyclic amines) is 1. The van der Waals surface area contributed by atoms with Crippen LogP contribution in [0.1, 0.15) is 45.9 Å². The van der Waals surface area contributed by atoms with Crippen molar-refractivity contribution in [3.8, 4) is 0 Å². The smallest absolute Gasteiger partial charge is 0.251 e. The number of hydrogen-bond donors (Lipinski definition) is 2. The number of aliphatic hydroxyl groups is 1. The van der Waals surface area contributed by atoms with E-state index in [1.807, 2.05) is 42.5 Å². The van der Waals surface area contributed by atoms with Gasteiger partial charge in [-0.3, -0.25) is 19.7 Å². The van der Waals surface area contributed by atoms with Gasteiger partial charge in [0.25, 0.3) is 5.91 Å². The van der Waals surface area contributed by atoms with Gasteiger partial charge in [-0.25, -0.2) is 0 Å². The minimum absolute atomic E-state index is 0.150. The second kappa shape index (κ2) is 8.73. The molecule has 30 heavy (non-hydrogen) atoms. The number of nitrogens with one attached hydrogen (secondary N) is 1. The molecule has 6 nitrogen and oxygen atoms in total. The van der Waals surface area contributed by atoms with Gasteiger partial charge in [-0.1, -0.05) is 24.3 Å². The summed E-state index contributed by atoms with van der Waals surface area (Å²) in [6, 6.07) is 14.6. The van der Waals surface area contributed by atoms with Crippen LogP contribution < -0.4 is 5.32 Å². The molecule has 1 fully saturated rings. The SMILES string of the molecule is CNC(=O)c1cccc(C(N2CCCC2)C(O)(c2cccnc2)c2cccnc2)c1. The normalized spacial score (nSPS) is 15.7. The summed E-state index contributed by atoms with van der Waals surface area (Å²) in [6.07, 6.45) is 8.95. The first-order valence-electron chi connectivity index (χ1n) is 10.2. The van der Waals surface area contributed by atoms with Crippen LogP contribution in [0.2, 0.25) is 0 Å². The van der Waals surface area contributed by atoms with Crippen LogP contribution >= 0.6 is 0 Å². The van der Waals surface area contributed by atoms with Crippen molar-refractivity contribution >= 4 is 5.91 Å². The van der Waals surface area contributed by atoms with Gasteiger partial charge in [-0.05, 0) is 55.8 Å². The van der Waals surface area contributed by atoms with Crippen molar-refractivity contribution < 1.29 is 9.90 Å². The second-order valence-electron chi connectivity index (χ2n) is 7.60. The summed E-state index contributed by atoms with van der Waals surface area (Å²) in [5.74, 6) is -0.150. The van der Waals surface area contributed by atoms with Crippen LogP contribution in [-0.4, -0.2) is 46.0 Å². The molecule has 0 aliphatic carbocycles. The summed E-state index contributed by atoms with van der Waals surface area (Å²) < 4.78 is 0. The Morgan fingerprint density at radius 2 is 1.67 bits per heavy atom. The predicted molar refractivity (Wildman–Crippen MR) is 115 cm³/mol. The van der Waals surface area contributed by atoms with E-state index < -0.39 is 11.6 Å². The fourth-order valence-corrected chi connectivity index (χ4v) is 4.37. The molecule has 2 N–H and O–H groups in total. The van der Waals surface area contributed by atoms with Crippen molar-refractivity contribution in [1.82, 2.24) is 20.2 Å². The van der Waals surface area contributed by atoms with E-state index in [2.05, 4.69) is 20.2 Å². The number of nitrogens with zero attached hydrogens (tertiary/aromatic N) is 3. The van der Waals surface area contributed by atoms with Crippen LogP contribution in [0.4, 0.5) is 0 Å². The van der Waals surface area contributed by atoms with E-state index in [-0.39, 0.29) is 5.91 Å². The monoisotopic (exact) mass is 402 g/mol. The van der Waals surface area contributed by atoms with Gasteiger partial charge in [0.1, 0.15) is 5.60 Å². The third kappa shape index (κ3) is 3.72. The van der Waals surface area contributed by atoms with E-state index >= 15 is 0 Å². The maximum absolute atomic E-state index is 12.4. The standard InChI is InChI=1S/C24H26N4O2/c1-25-23(29)19-8-4-7-18(15-19)22(28-13-2-3-14-28)24(30,20-9-5-11-26-16-20)21-10-6-12-27-17-21/h4-12,15-17,22,30H,2-3,13-14H2,1H3,(H,25,29). The lowest BCUT2D eigenvalue weighted by molar-refractivity contribution is -0.0153. The first-order valence-corrected chi connectivity index (χ1v) is 10.2. The number of amides is 1. The highest BCUT2D eigenvalue weighted by molar-refractivity contribution is 5.94. The third-order valence-electron chi connectivity index (χ3n) is 5.80. The van der Waals surface area contributed by atoms with E-state index in [0.29, 0.717) is 16.7 Å². The number of benzene rings is 1. The summed E-state index contributed by atoms with van der Waals surface area (Å²) in [5, 5.41) is 15.1. The Morgan fingerprint density at radius 1 is 1.03 bits per heavy atom. The molecule has 0 spiro atoms. The Hall–Kier alpha value is -3.09. The van der Waals surface area contributed by atoms with Gasteiger partial charge >= 0.3 is 0 Å². The molecule has 0 bridgehead atoms. The molecule has 1 unspecified atom stereocenters. The molecule has 1 aromatic carbocycles. The van der Waals surface area contributed by atoms with Crippen LogP contribution in [0, 0.1) is 0 Å². The molecular formula is C24H26N4O2. The first kappa shape index (κ1) is 20.2. The molecular weight excluding hydrogens is 376 g/mol. The van der Waals surface area contributed by atoms with Gasteiger partial charge in [0, 0.05) is 48.5 Å². The van der Waals surface area contributed by atoms with Crippen molar-refractivity contribution in [3.05, 3.63) is 95.6 Å². The van der Waals surface area contributed by atoms with Crippen molar-refractivity contribution in [2.24, 2.45) is 0 Å². The zero-order chi connectivity index (χ0) is 21.0. The van der Waals surface area contributed by atoms with Crippen LogP contribution in [0.15, 0.2) is 73.3 Å². The number of rotatable bonds is 6. The maximum atomic E-state index is 12.4. The molecule has 1 saturated heterocycles. The summed E-state index contributed by atoms with van der Waals surface area (Å²) in [5.41, 5.74) is 1.46. The molecule has 0 saturated carbocycles. The lowest BCUT2D eigenvalue weighted by atomic mass is 9.77. The molecule has 1 aliphatic heterocycles. The van der Waals surface area contributed by atoms with Gasteiger partial charge in [0.05, 0.1) is 6.04 Å². The van der Waals surface area contributed by atoms with Crippen molar-refractivity contribution in [2.75, 3.05) is 20.1 Å².